The van der Waals surface area contributed by atoms with E-state index < -0.39 is 5.91 Å². The van der Waals surface area contributed by atoms with Gasteiger partial charge in [-0.3, -0.25) is 19.1 Å². The van der Waals surface area contributed by atoms with Crippen molar-refractivity contribution in [3.8, 4) is 0 Å². The maximum absolute atomic E-state index is 12.3. The monoisotopic (exact) mass is 298 g/mol. The molecule has 1 saturated carbocycles. The molecule has 1 aliphatic rings. The van der Waals surface area contributed by atoms with E-state index in [1.54, 1.807) is 29.0 Å². The second-order valence-electron chi connectivity index (χ2n) is 5.46. The molecular formula is C14H14N6O2. The largest absolute Gasteiger partial charge is 0.330 e. The summed E-state index contributed by atoms with van der Waals surface area (Å²) < 4.78 is 3.22. The Morgan fingerprint density at radius 1 is 1.41 bits per heavy atom. The van der Waals surface area contributed by atoms with Gasteiger partial charge in [-0.1, -0.05) is 0 Å². The van der Waals surface area contributed by atoms with Crippen molar-refractivity contribution >= 4 is 17.4 Å². The first-order chi connectivity index (χ1) is 10.6. The fraction of sp³-hybridized carbons (Fsp3) is 0.286. The molecule has 1 fully saturated rings. The molecule has 1 amide bonds. The molecule has 0 unspecified atom stereocenters. The van der Waals surface area contributed by atoms with E-state index in [2.05, 4.69) is 20.5 Å². The number of nitrogens with zero attached hydrogens (tertiary/aromatic N) is 4. The van der Waals surface area contributed by atoms with E-state index in [-0.39, 0.29) is 11.4 Å². The third-order valence-electron chi connectivity index (χ3n) is 3.85. The zero-order valence-electron chi connectivity index (χ0n) is 11.9. The summed E-state index contributed by atoms with van der Waals surface area (Å²) in [6, 6.07) is 5.13. The van der Waals surface area contributed by atoms with Gasteiger partial charge in [-0.2, -0.15) is 0 Å². The average molecular weight is 298 g/mol. The number of hydrogen-bond donors (Lipinski definition) is 2. The average Bonchev–Trinajstić information content (AvgIpc) is 3.11. The van der Waals surface area contributed by atoms with E-state index in [4.69, 9.17) is 0 Å². The minimum atomic E-state index is -0.418. The Morgan fingerprint density at radius 2 is 2.23 bits per heavy atom. The Hall–Kier alpha value is -2.90. The molecule has 1 aliphatic carbocycles. The van der Waals surface area contributed by atoms with Gasteiger partial charge in [-0.05, 0) is 31.0 Å². The lowest BCUT2D eigenvalue weighted by molar-refractivity contribution is 0.102. The van der Waals surface area contributed by atoms with Crippen molar-refractivity contribution in [2.24, 2.45) is 7.05 Å². The summed E-state index contributed by atoms with van der Waals surface area (Å²) in [6.45, 7) is 0. The van der Waals surface area contributed by atoms with Crippen LogP contribution in [0.25, 0.3) is 5.52 Å². The number of rotatable bonds is 3. The van der Waals surface area contributed by atoms with E-state index >= 15 is 0 Å². The number of anilines is 1. The van der Waals surface area contributed by atoms with Gasteiger partial charge < -0.3 is 4.98 Å². The molecule has 0 radical (unpaired) electrons. The Morgan fingerprint density at radius 3 is 3.00 bits per heavy atom. The van der Waals surface area contributed by atoms with Gasteiger partial charge in [0.2, 0.25) is 5.95 Å². The Bertz CT molecular complexity index is 930. The Labute approximate surface area is 124 Å². The molecule has 8 nitrogen and oxygen atoms in total. The molecule has 0 saturated heterocycles. The molecule has 0 aliphatic heterocycles. The SMILES string of the molecule is Cn1c(NC(=O)c2cc3cccn3c(=O)[nH]2)nnc1C1CC1. The van der Waals surface area contributed by atoms with E-state index in [0.29, 0.717) is 17.4 Å². The molecule has 3 aromatic rings. The van der Waals surface area contributed by atoms with Crippen molar-refractivity contribution in [3.05, 3.63) is 46.4 Å². The molecule has 22 heavy (non-hydrogen) atoms. The van der Waals surface area contributed by atoms with Crippen molar-refractivity contribution < 1.29 is 4.79 Å². The topological polar surface area (TPSA) is 97.1 Å². The van der Waals surface area contributed by atoms with Crippen molar-refractivity contribution in [2.75, 3.05) is 5.32 Å². The fourth-order valence-corrected chi connectivity index (χ4v) is 2.49. The highest BCUT2D eigenvalue weighted by Crippen LogP contribution is 2.39. The summed E-state index contributed by atoms with van der Waals surface area (Å²) in [5, 5.41) is 10.8. The Kier molecular flexibility index (Phi) is 2.65. The van der Waals surface area contributed by atoms with Crippen LogP contribution < -0.4 is 11.0 Å². The van der Waals surface area contributed by atoms with Crippen LogP contribution in [0.5, 0.6) is 0 Å². The fourth-order valence-electron chi connectivity index (χ4n) is 2.49. The summed E-state index contributed by atoms with van der Waals surface area (Å²) in [7, 11) is 1.82. The number of amides is 1. The molecule has 2 N–H and O–H groups in total. The van der Waals surface area contributed by atoms with E-state index in [1.807, 2.05) is 7.05 Å². The minimum absolute atomic E-state index is 0.187. The number of aromatic nitrogens is 5. The molecule has 0 atom stereocenters. The van der Waals surface area contributed by atoms with Crippen LogP contribution in [0, 0.1) is 0 Å². The van der Waals surface area contributed by atoms with Gasteiger partial charge in [-0.25, -0.2) is 4.79 Å². The van der Waals surface area contributed by atoms with Crippen LogP contribution in [-0.2, 0) is 7.05 Å². The van der Waals surface area contributed by atoms with Crippen LogP contribution in [0.15, 0.2) is 29.2 Å². The number of H-pyrrole nitrogens is 1. The van der Waals surface area contributed by atoms with Gasteiger partial charge in [-0.15, -0.1) is 10.2 Å². The van der Waals surface area contributed by atoms with Crippen molar-refractivity contribution in [2.45, 2.75) is 18.8 Å². The van der Waals surface area contributed by atoms with Crippen molar-refractivity contribution in [1.82, 2.24) is 24.1 Å². The summed E-state index contributed by atoms with van der Waals surface area (Å²) in [4.78, 5) is 26.7. The summed E-state index contributed by atoms with van der Waals surface area (Å²) in [5.41, 5.74) is 0.488. The first kappa shape index (κ1) is 12.8. The lowest BCUT2D eigenvalue weighted by Crippen LogP contribution is -2.23. The molecule has 0 aromatic carbocycles. The van der Waals surface area contributed by atoms with Crippen LogP contribution in [0.1, 0.15) is 35.1 Å². The van der Waals surface area contributed by atoms with Crippen LogP contribution >= 0.6 is 0 Å². The summed E-state index contributed by atoms with van der Waals surface area (Å²) in [5.74, 6) is 1.28. The standard InChI is InChI=1S/C14H14N6O2/c1-19-11(8-4-5-8)17-18-13(19)16-12(21)10-7-9-3-2-6-20(9)14(22)15-10/h2-3,6-8H,4-5H2,1H3,(H,15,22)(H,16,18,21). The number of carbonyl (C=O) groups excluding carboxylic acids is 1. The quantitative estimate of drug-likeness (QED) is 0.750. The molecule has 8 heteroatoms. The maximum atomic E-state index is 12.3. The maximum Gasteiger partial charge on any atom is 0.330 e. The summed E-state index contributed by atoms with van der Waals surface area (Å²) in [6.07, 6.45) is 3.86. The molecule has 3 heterocycles. The molecule has 0 spiro atoms. The molecule has 112 valence electrons. The van der Waals surface area contributed by atoms with Crippen LogP contribution in [0.2, 0.25) is 0 Å². The molecule has 3 aromatic heterocycles. The molecule has 0 bridgehead atoms. The number of hydrogen-bond acceptors (Lipinski definition) is 4. The van der Waals surface area contributed by atoms with E-state index in [1.165, 1.54) is 4.40 Å². The van der Waals surface area contributed by atoms with Gasteiger partial charge in [0.25, 0.3) is 5.91 Å². The number of aromatic amines is 1. The highest BCUT2D eigenvalue weighted by atomic mass is 16.2. The third kappa shape index (κ3) is 2.00. The smallest absolute Gasteiger partial charge is 0.302 e. The van der Waals surface area contributed by atoms with Gasteiger partial charge >= 0.3 is 5.69 Å². The lowest BCUT2D eigenvalue weighted by atomic mass is 10.3. The number of nitrogens with one attached hydrogen (secondary N) is 2. The predicted molar refractivity (Wildman–Crippen MR) is 78.9 cm³/mol. The zero-order valence-corrected chi connectivity index (χ0v) is 11.9. The minimum Gasteiger partial charge on any atom is -0.302 e. The third-order valence-corrected chi connectivity index (χ3v) is 3.85. The van der Waals surface area contributed by atoms with E-state index in [9.17, 15) is 9.59 Å². The van der Waals surface area contributed by atoms with E-state index in [0.717, 1.165) is 18.7 Å². The van der Waals surface area contributed by atoms with Gasteiger partial charge in [0.05, 0.1) is 5.52 Å². The lowest BCUT2D eigenvalue weighted by Gasteiger charge is -2.06. The van der Waals surface area contributed by atoms with Crippen molar-refractivity contribution in [1.29, 1.82) is 0 Å². The highest BCUT2D eigenvalue weighted by molar-refractivity contribution is 6.02. The molecular weight excluding hydrogens is 284 g/mol. The normalized spacial score (nSPS) is 14.4. The number of carbonyl (C=O) groups is 1. The first-order valence-electron chi connectivity index (χ1n) is 7.04. The second kappa shape index (κ2) is 4.55. The zero-order chi connectivity index (χ0) is 15.3. The van der Waals surface area contributed by atoms with Crippen LogP contribution in [0.4, 0.5) is 5.95 Å². The van der Waals surface area contributed by atoms with Gasteiger partial charge in [0.1, 0.15) is 11.5 Å². The summed E-state index contributed by atoms with van der Waals surface area (Å²) >= 11 is 0. The van der Waals surface area contributed by atoms with Gasteiger partial charge in [0.15, 0.2) is 0 Å². The van der Waals surface area contributed by atoms with Gasteiger partial charge in [0, 0.05) is 19.2 Å². The molecule has 4 rings (SSSR count). The van der Waals surface area contributed by atoms with Crippen molar-refractivity contribution in [3.63, 3.8) is 0 Å². The van der Waals surface area contributed by atoms with Crippen LogP contribution in [-0.4, -0.2) is 30.1 Å². The van der Waals surface area contributed by atoms with Crippen LogP contribution in [0.3, 0.4) is 0 Å². The Balaban J connectivity index is 1.64. The first-order valence-corrected chi connectivity index (χ1v) is 7.04. The predicted octanol–water partition coefficient (Wildman–Crippen LogP) is 0.886. The number of fused-ring (bicyclic) bond motifs is 1. The highest BCUT2D eigenvalue weighted by Gasteiger charge is 2.29. The second-order valence-corrected chi connectivity index (χ2v) is 5.46.